The monoisotopic (exact) mass is 443 g/mol. The van der Waals surface area contributed by atoms with Crippen LogP contribution in [0.4, 0.5) is 5.69 Å². The maximum atomic E-state index is 6.56. The fourth-order valence-electron chi connectivity index (χ4n) is 4.53. The zero-order valence-corrected chi connectivity index (χ0v) is 18.9. The van der Waals surface area contributed by atoms with Gasteiger partial charge in [0.15, 0.2) is 0 Å². The number of hydrogen-bond donors (Lipinski definition) is 1. The van der Waals surface area contributed by atoms with E-state index in [1.807, 2.05) is 49.4 Å². The van der Waals surface area contributed by atoms with Gasteiger partial charge in [0.05, 0.1) is 16.2 Å². The summed E-state index contributed by atoms with van der Waals surface area (Å²) in [5.74, 6) is 0.675. The molecule has 4 nitrogen and oxygen atoms in total. The van der Waals surface area contributed by atoms with E-state index in [1.54, 1.807) is 0 Å². The number of halogens is 1. The predicted octanol–water partition coefficient (Wildman–Crippen LogP) is 5.88. The SMILES string of the molecule is Cc1nc2ccccc2c(N)c1-c1ccc(Cl)c(OCCN2CCc3ccccc3C2)c1. The van der Waals surface area contributed by atoms with Gasteiger partial charge in [0, 0.05) is 36.3 Å². The topological polar surface area (TPSA) is 51.4 Å². The van der Waals surface area contributed by atoms with E-state index in [9.17, 15) is 0 Å². The van der Waals surface area contributed by atoms with E-state index in [4.69, 9.17) is 27.1 Å². The molecule has 0 atom stereocenters. The number of nitrogens with two attached hydrogens (primary N) is 1. The average molecular weight is 444 g/mol. The van der Waals surface area contributed by atoms with Crippen LogP contribution in [0.1, 0.15) is 16.8 Å². The lowest BCUT2D eigenvalue weighted by Gasteiger charge is -2.28. The molecule has 1 aliphatic rings. The maximum absolute atomic E-state index is 6.56. The second-order valence-corrected chi connectivity index (χ2v) is 8.70. The molecule has 0 unspecified atom stereocenters. The molecule has 0 amide bonds. The van der Waals surface area contributed by atoms with Gasteiger partial charge in [-0.1, -0.05) is 60.1 Å². The van der Waals surface area contributed by atoms with Gasteiger partial charge in [-0.3, -0.25) is 9.88 Å². The van der Waals surface area contributed by atoms with Crippen molar-refractivity contribution in [3.05, 3.63) is 88.6 Å². The van der Waals surface area contributed by atoms with Gasteiger partial charge in [0.1, 0.15) is 12.4 Å². The van der Waals surface area contributed by atoms with Gasteiger partial charge < -0.3 is 10.5 Å². The Morgan fingerprint density at radius 3 is 2.69 bits per heavy atom. The highest BCUT2D eigenvalue weighted by Crippen LogP contribution is 2.37. The van der Waals surface area contributed by atoms with Crippen molar-refractivity contribution in [3.63, 3.8) is 0 Å². The van der Waals surface area contributed by atoms with Crippen molar-refractivity contribution in [1.82, 2.24) is 9.88 Å². The van der Waals surface area contributed by atoms with Gasteiger partial charge in [-0.15, -0.1) is 0 Å². The second kappa shape index (κ2) is 8.81. The lowest BCUT2D eigenvalue weighted by atomic mass is 9.99. The summed E-state index contributed by atoms with van der Waals surface area (Å²) in [7, 11) is 0. The Bertz CT molecular complexity index is 1290. The number of rotatable bonds is 5. The average Bonchev–Trinajstić information content (AvgIpc) is 2.81. The van der Waals surface area contributed by atoms with Crippen LogP contribution >= 0.6 is 11.6 Å². The Balaban J connectivity index is 1.33. The van der Waals surface area contributed by atoms with Crippen LogP contribution < -0.4 is 10.5 Å². The lowest BCUT2D eigenvalue weighted by Crippen LogP contribution is -2.33. The molecule has 0 radical (unpaired) electrons. The summed E-state index contributed by atoms with van der Waals surface area (Å²) in [5.41, 5.74) is 13.8. The molecule has 0 aliphatic carbocycles. The van der Waals surface area contributed by atoms with Crippen molar-refractivity contribution in [3.8, 4) is 16.9 Å². The number of benzene rings is 3. The Morgan fingerprint density at radius 1 is 1.03 bits per heavy atom. The number of ether oxygens (including phenoxy) is 1. The highest BCUT2D eigenvalue weighted by Gasteiger charge is 2.17. The van der Waals surface area contributed by atoms with Crippen molar-refractivity contribution in [2.45, 2.75) is 19.9 Å². The molecule has 1 aliphatic heterocycles. The summed E-state index contributed by atoms with van der Waals surface area (Å²) in [6, 6.07) is 22.4. The molecule has 1 aromatic heterocycles. The molecule has 3 aromatic carbocycles. The number of aryl methyl sites for hydroxylation is 1. The van der Waals surface area contributed by atoms with Crippen LogP contribution in [-0.2, 0) is 13.0 Å². The first-order valence-electron chi connectivity index (χ1n) is 11.0. The molecule has 0 saturated carbocycles. The number of para-hydroxylation sites is 1. The van der Waals surface area contributed by atoms with E-state index < -0.39 is 0 Å². The minimum atomic E-state index is 0.579. The van der Waals surface area contributed by atoms with Crippen LogP contribution in [0.25, 0.3) is 22.0 Å². The van der Waals surface area contributed by atoms with E-state index >= 15 is 0 Å². The third kappa shape index (κ3) is 4.04. The number of fused-ring (bicyclic) bond motifs is 2. The summed E-state index contributed by atoms with van der Waals surface area (Å²) in [4.78, 5) is 7.17. The summed E-state index contributed by atoms with van der Waals surface area (Å²) < 4.78 is 6.12. The van der Waals surface area contributed by atoms with Crippen LogP contribution in [0.15, 0.2) is 66.7 Å². The van der Waals surface area contributed by atoms with E-state index in [-0.39, 0.29) is 0 Å². The maximum Gasteiger partial charge on any atom is 0.138 e. The number of nitrogen functional groups attached to an aromatic ring is 1. The van der Waals surface area contributed by atoms with Crippen LogP contribution in [0.3, 0.4) is 0 Å². The smallest absolute Gasteiger partial charge is 0.138 e. The molecule has 5 heteroatoms. The summed E-state index contributed by atoms with van der Waals surface area (Å²) in [6.45, 7) is 5.43. The largest absolute Gasteiger partial charge is 0.491 e. The highest BCUT2D eigenvalue weighted by atomic mass is 35.5. The number of pyridine rings is 1. The first kappa shape index (κ1) is 20.8. The van der Waals surface area contributed by atoms with Crippen molar-refractivity contribution >= 4 is 28.2 Å². The number of hydrogen-bond acceptors (Lipinski definition) is 4. The third-order valence-electron chi connectivity index (χ3n) is 6.21. The molecule has 0 spiro atoms. The van der Waals surface area contributed by atoms with E-state index in [0.29, 0.717) is 17.4 Å². The van der Waals surface area contributed by atoms with Crippen molar-refractivity contribution in [2.24, 2.45) is 0 Å². The molecule has 162 valence electrons. The van der Waals surface area contributed by atoms with Crippen molar-refractivity contribution in [2.75, 3.05) is 25.4 Å². The number of nitrogens with zero attached hydrogens (tertiary/aromatic N) is 2. The van der Waals surface area contributed by atoms with Gasteiger partial charge in [-0.2, -0.15) is 0 Å². The quantitative estimate of drug-likeness (QED) is 0.418. The van der Waals surface area contributed by atoms with E-state index in [2.05, 4.69) is 29.2 Å². The number of anilines is 1. The Kier molecular flexibility index (Phi) is 5.73. The summed E-state index contributed by atoms with van der Waals surface area (Å²) >= 11 is 6.46. The molecular formula is C27H26ClN3O. The first-order valence-corrected chi connectivity index (χ1v) is 11.3. The van der Waals surface area contributed by atoms with Gasteiger partial charge >= 0.3 is 0 Å². The third-order valence-corrected chi connectivity index (χ3v) is 6.52. The molecule has 0 fully saturated rings. The van der Waals surface area contributed by atoms with Gasteiger partial charge in [0.2, 0.25) is 0 Å². The fourth-order valence-corrected chi connectivity index (χ4v) is 4.70. The number of aromatic nitrogens is 1. The Morgan fingerprint density at radius 2 is 1.81 bits per heavy atom. The molecule has 2 heterocycles. The van der Waals surface area contributed by atoms with E-state index in [1.165, 1.54) is 11.1 Å². The molecule has 0 saturated heterocycles. The lowest BCUT2D eigenvalue weighted by molar-refractivity contribution is 0.196. The summed E-state index contributed by atoms with van der Waals surface area (Å²) in [6.07, 6.45) is 1.08. The van der Waals surface area contributed by atoms with Gasteiger partial charge in [0.25, 0.3) is 0 Å². The minimum Gasteiger partial charge on any atom is -0.491 e. The molecule has 2 N–H and O–H groups in total. The zero-order valence-electron chi connectivity index (χ0n) is 18.1. The van der Waals surface area contributed by atoms with E-state index in [0.717, 1.165) is 59.5 Å². The predicted molar refractivity (Wildman–Crippen MR) is 132 cm³/mol. The second-order valence-electron chi connectivity index (χ2n) is 8.29. The standard InChI is InChI=1S/C27H26ClN3O/c1-18-26(27(29)22-8-4-5-9-24(22)30-18)20-10-11-23(28)25(16-20)32-15-14-31-13-12-19-6-2-3-7-21(19)17-31/h2-11,16H,12-15,17H2,1H3,(H2,29,30). The molecule has 5 rings (SSSR count). The summed E-state index contributed by atoms with van der Waals surface area (Å²) in [5, 5.41) is 1.55. The molecule has 4 aromatic rings. The van der Waals surface area contributed by atoms with Crippen LogP contribution in [0.2, 0.25) is 5.02 Å². The van der Waals surface area contributed by atoms with Crippen molar-refractivity contribution in [1.29, 1.82) is 0 Å². The van der Waals surface area contributed by atoms with Crippen molar-refractivity contribution < 1.29 is 4.74 Å². The Labute approximate surface area is 193 Å². The van der Waals surface area contributed by atoms with Gasteiger partial charge in [-0.05, 0) is 48.2 Å². The highest BCUT2D eigenvalue weighted by molar-refractivity contribution is 6.32. The first-order chi connectivity index (χ1) is 15.6. The van der Waals surface area contributed by atoms with Crippen LogP contribution in [-0.4, -0.2) is 29.6 Å². The molecule has 0 bridgehead atoms. The minimum absolute atomic E-state index is 0.579. The van der Waals surface area contributed by atoms with Crippen LogP contribution in [0.5, 0.6) is 5.75 Å². The zero-order chi connectivity index (χ0) is 22.1. The fraction of sp³-hybridized carbons (Fsp3) is 0.222. The van der Waals surface area contributed by atoms with Crippen LogP contribution in [0, 0.1) is 6.92 Å². The van der Waals surface area contributed by atoms with Gasteiger partial charge in [-0.25, -0.2) is 0 Å². The molecule has 32 heavy (non-hydrogen) atoms. The molecular weight excluding hydrogens is 418 g/mol. The normalized spacial score (nSPS) is 13.8. The Hall–Kier alpha value is -3.08.